The van der Waals surface area contributed by atoms with Crippen LogP contribution in [0.4, 0.5) is 0 Å². The Balaban J connectivity index is 2.06. The molecule has 0 bridgehead atoms. The molecule has 0 saturated carbocycles. The lowest BCUT2D eigenvalue weighted by Crippen LogP contribution is -2.51. The number of piperidine rings is 1. The molecule has 1 aromatic rings. The molecule has 0 unspecified atom stereocenters. The Hall–Kier alpha value is -1.40. The Bertz CT molecular complexity index is 513. The molecule has 0 aliphatic carbocycles. The van der Waals surface area contributed by atoms with Crippen LogP contribution in [0.5, 0.6) is 0 Å². The zero-order valence-electron chi connectivity index (χ0n) is 12.6. The molecule has 0 radical (unpaired) electrons. The van der Waals surface area contributed by atoms with Crippen molar-refractivity contribution in [2.24, 2.45) is 5.73 Å². The van der Waals surface area contributed by atoms with Gasteiger partial charge >= 0.3 is 0 Å². The molecule has 1 fully saturated rings. The Kier molecular flexibility index (Phi) is 5.36. The molecule has 3 N–H and O–H groups in total. The van der Waals surface area contributed by atoms with Gasteiger partial charge < -0.3 is 16.0 Å². The molecule has 2 atom stereocenters. The Morgan fingerprint density at radius 1 is 1.48 bits per heavy atom. The number of amides is 2. The quantitative estimate of drug-likeness (QED) is 0.889. The lowest BCUT2D eigenvalue weighted by molar-refractivity contribution is -0.119. The summed E-state index contributed by atoms with van der Waals surface area (Å²) in [4.78, 5) is 27.2. The van der Waals surface area contributed by atoms with E-state index in [4.69, 9.17) is 5.73 Å². The van der Waals surface area contributed by atoms with Crippen molar-refractivity contribution in [2.75, 3.05) is 6.54 Å². The van der Waals surface area contributed by atoms with E-state index in [1.165, 1.54) is 18.3 Å². The minimum Gasteiger partial charge on any atom is -0.351 e. The molecule has 5 nitrogen and oxygen atoms in total. The fourth-order valence-electron chi connectivity index (χ4n) is 2.70. The maximum atomic E-state index is 12.7. The Labute approximate surface area is 129 Å². The van der Waals surface area contributed by atoms with E-state index >= 15 is 0 Å². The van der Waals surface area contributed by atoms with Crippen molar-refractivity contribution in [1.82, 2.24) is 10.2 Å². The van der Waals surface area contributed by atoms with Gasteiger partial charge in [-0.15, -0.1) is 11.3 Å². The maximum absolute atomic E-state index is 12.7. The van der Waals surface area contributed by atoms with E-state index in [9.17, 15) is 9.59 Å². The summed E-state index contributed by atoms with van der Waals surface area (Å²) in [6.45, 7) is 4.71. The Morgan fingerprint density at radius 2 is 2.24 bits per heavy atom. The zero-order chi connectivity index (χ0) is 15.4. The number of nitrogens with zero attached hydrogens (tertiary/aromatic N) is 1. The number of nitrogens with one attached hydrogen (secondary N) is 1. The van der Waals surface area contributed by atoms with Crippen LogP contribution in [0.1, 0.15) is 47.7 Å². The van der Waals surface area contributed by atoms with Crippen molar-refractivity contribution in [3.63, 3.8) is 0 Å². The van der Waals surface area contributed by atoms with E-state index < -0.39 is 0 Å². The van der Waals surface area contributed by atoms with Crippen LogP contribution in [0.25, 0.3) is 0 Å². The van der Waals surface area contributed by atoms with Crippen LogP contribution >= 0.6 is 11.3 Å². The van der Waals surface area contributed by atoms with Crippen LogP contribution < -0.4 is 11.1 Å². The summed E-state index contributed by atoms with van der Waals surface area (Å²) in [6, 6.07) is 3.87. The topological polar surface area (TPSA) is 75.4 Å². The third-order valence-electron chi connectivity index (χ3n) is 3.80. The van der Waals surface area contributed by atoms with Gasteiger partial charge in [-0.3, -0.25) is 9.59 Å². The van der Waals surface area contributed by atoms with Gasteiger partial charge in [0, 0.05) is 30.4 Å². The number of carbonyl (C=O) groups excluding carboxylic acids is 2. The summed E-state index contributed by atoms with van der Waals surface area (Å²) in [7, 11) is 0. The molecule has 2 amide bonds. The van der Waals surface area contributed by atoms with Gasteiger partial charge in [0.2, 0.25) is 5.91 Å². The number of rotatable bonds is 4. The molecule has 1 aliphatic heterocycles. The van der Waals surface area contributed by atoms with E-state index in [1.54, 1.807) is 0 Å². The van der Waals surface area contributed by atoms with Crippen LogP contribution in [0.3, 0.4) is 0 Å². The zero-order valence-corrected chi connectivity index (χ0v) is 13.4. The average molecular weight is 309 g/mol. The minimum atomic E-state index is -0.0654. The summed E-state index contributed by atoms with van der Waals surface area (Å²) in [5, 5.41) is 2.75. The number of thiophene rings is 1. The second-order valence-electron chi connectivity index (χ2n) is 5.60. The maximum Gasteiger partial charge on any atom is 0.264 e. The highest BCUT2D eigenvalue weighted by molar-refractivity contribution is 7.14. The molecule has 2 heterocycles. The van der Waals surface area contributed by atoms with Gasteiger partial charge in [-0.2, -0.15) is 0 Å². The van der Waals surface area contributed by atoms with Crippen molar-refractivity contribution >= 4 is 23.2 Å². The number of hydrogen-bond donors (Lipinski definition) is 2. The van der Waals surface area contributed by atoms with Gasteiger partial charge in [-0.25, -0.2) is 0 Å². The van der Waals surface area contributed by atoms with Crippen LogP contribution in [-0.2, 0) is 11.3 Å². The first-order chi connectivity index (χ1) is 9.99. The van der Waals surface area contributed by atoms with Gasteiger partial charge in [0.25, 0.3) is 5.91 Å². The molecule has 21 heavy (non-hydrogen) atoms. The fourth-order valence-corrected chi connectivity index (χ4v) is 3.60. The molecule has 0 spiro atoms. The molecular weight excluding hydrogens is 286 g/mol. The van der Waals surface area contributed by atoms with Crippen molar-refractivity contribution in [3.8, 4) is 0 Å². The van der Waals surface area contributed by atoms with Crippen molar-refractivity contribution < 1.29 is 9.59 Å². The van der Waals surface area contributed by atoms with Crippen LogP contribution in [0.2, 0.25) is 0 Å². The molecule has 2 rings (SSSR count). The minimum absolute atomic E-state index is 0.00642. The average Bonchev–Trinajstić information content (AvgIpc) is 2.93. The number of carbonyl (C=O) groups is 2. The third-order valence-corrected chi connectivity index (χ3v) is 4.87. The van der Waals surface area contributed by atoms with Crippen molar-refractivity contribution in [3.05, 3.63) is 21.9 Å². The molecule has 1 aliphatic rings. The Morgan fingerprint density at radius 3 is 2.90 bits per heavy atom. The summed E-state index contributed by atoms with van der Waals surface area (Å²) >= 11 is 1.44. The van der Waals surface area contributed by atoms with Crippen molar-refractivity contribution in [1.29, 1.82) is 0 Å². The first kappa shape index (κ1) is 16.0. The van der Waals surface area contributed by atoms with Gasteiger partial charge in [0.15, 0.2) is 0 Å². The van der Waals surface area contributed by atoms with Gasteiger partial charge in [-0.1, -0.05) is 0 Å². The molecule has 6 heteroatoms. The third kappa shape index (κ3) is 4.04. The molecule has 116 valence electrons. The number of likely N-dealkylation sites (tertiary alicyclic amines) is 1. The predicted octanol–water partition coefficient (Wildman–Crippen LogP) is 1.73. The van der Waals surface area contributed by atoms with Gasteiger partial charge in [-0.05, 0) is 38.3 Å². The van der Waals surface area contributed by atoms with E-state index in [0.29, 0.717) is 6.54 Å². The standard InChI is InChI=1S/C15H23N3O2S/c1-10(16)13-5-3-4-8-18(13)15(20)14-7-6-12(21-14)9-17-11(2)19/h6-7,10,13H,3-5,8-9,16H2,1-2H3,(H,17,19)/t10-,13-/m1/s1. The summed E-state index contributed by atoms with van der Waals surface area (Å²) < 4.78 is 0. The molecule has 1 aromatic heterocycles. The molecule has 1 saturated heterocycles. The highest BCUT2D eigenvalue weighted by Crippen LogP contribution is 2.24. The predicted molar refractivity (Wildman–Crippen MR) is 84.2 cm³/mol. The smallest absolute Gasteiger partial charge is 0.264 e. The van der Waals surface area contributed by atoms with Gasteiger partial charge in [0.1, 0.15) is 0 Å². The van der Waals surface area contributed by atoms with Crippen LogP contribution in [-0.4, -0.2) is 35.3 Å². The number of nitrogens with two attached hydrogens (primary N) is 1. The van der Waals surface area contributed by atoms with E-state index in [-0.39, 0.29) is 23.9 Å². The van der Waals surface area contributed by atoms with E-state index in [1.807, 2.05) is 24.0 Å². The largest absolute Gasteiger partial charge is 0.351 e. The molecule has 0 aromatic carbocycles. The lowest BCUT2D eigenvalue weighted by Gasteiger charge is -2.37. The second kappa shape index (κ2) is 7.04. The van der Waals surface area contributed by atoms with Crippen LogP contribution in [0, 0.1) is 0 Å². The normalized spacial score (nSPS) is 20.1. The first-order valence-corrected chi connectivity index (χ1v) is 8.20. The fraction of sp³-hybridized carbons (Fsp3) is 0.600. The second-order valence-corrected chi connectivity index (χ2v) is 6.76. The van der Waals surface area contributed by atoms with Crippen molar-refractivity contribution in [2.45, 2.75) is 51.7 Å². The SMILES string of the molecule is CC(=O)NCc1ccc(C(=O)N2CCCC[C@@H]2[C@@H](C)N)s1. The summed E-state index contributed by atoms with van der Waals surface area (Å²) in [5.74, 6) is 0.000373. The summed E-state index contributed by atoms with van der Waals surface area (Å²) in [6.07, 6.45) is 3.15. The number of hydrogen-bond acceptors (Lipinski definition) is 4. The lowest BCUT2D eigenvalue weighted by atomic mass is 9.97. The first-order valence-electron chi connectivity index (χ1n) is 7.38. The van der Waals surface area contributed by atoms with E-state index in [2.05, 4.69) is 5.32 Å². The molecular formula is C15H23N3O2S. The monoisotopic (exact) mass is 309 g/mol. The summed E-state index contributed by atoms with van der Waals surface area (Å²) in [5.41, 5.74) is 6.02. The van der Waals surface area contributed by atoms with Gasteiger partial charge in [0.05, 0.1) is 11.4 Å². The highest BCUT2D eigenvalue weighted by atomic mass is 32.1. The van der Waals surface area contributed by atoms with E-state index in [0.717, 1.165) is 35.6 Å². The van der Waals surface area contributed by atoms with Crippen LogP contribution in [0.15, 0.2) is 12.1 Å². The highest BCUT2D eigenvalue weighted by Gasteiger charge is 2.30.